The molecule has 0 bridgehead atoms. The first kappa shape index (κ1) is 11.6. The molecule has 3 nitrogen and oxygen atoms in total. The van der Waals surface area contributed by atoms with Crippen LogP contribution in [0, 0.1) is 0 Å². The van der Waals surface area contributed by atoms with Crippen molar-refractivity contribution in [2.45, 2.75) is 44.1 Å². The first-order chi connectivity index (χ1) is 8.83. The maximum absolute atomic E-state index is 11.6. The Bertz CT molecular complexity index is 440. The number of amides is 2. The number of aryl methyl sites for hydroxylation is 1. The summed E-state index contributed by atoms with van der Waals surface area (Å²) in [6.45, 7) is 0.759. The maximum atomic E-state index is 11.6. The molecular weight excluding hydrogens is 224 g/mol. The van der Waals surface area contributed by atoms with Gasteiger partial charge in [-0.05, 0) is 43.2 Å². The molecule has 18 heavy (non-hydrogen) atoms. The van der Waals surface area contributed by atoms with Crippen LogP contribution in [0.15, 0.2) is 24.3 Å². The van der Waals surface area contributed by atoms with Gasteiger partial charge >= 0.3 is 6.03 Å². The van der Waals surface area contributed by atoms with Gasteiger partial charge in [0, 0.05) is 18.5 Å². The molecule has 2 aliphatic rings. The fraction of sp³-hybridized carbons (Fsp3) is 0.533. The van der Waals surface area contributed by atoms with Crippen LogP contribution >= 0.6 is 0 Å². The molecule has 1 unspecified atom stereocenters. The Morgan fingerprint density at radius 2 is 2.06 bits per heavy atom. The third kappa shape index (κ3) is 2.66. The van der Waals surface area contributed by atoms with E-state index >= 15 is 0 Å². The van der Waals surface area contributed by atoms with Crippen LogP contribution < -0.4 is 10.6 Å². The lowest BCUT2D eigenvalue weighted by molar-refractivity contribution is 0.239. The quantitative estimate of drug-likeness (QED) is 0.843. The fourth-order valence-corrected chi connectivity index (χ4v) is 2.75. The molecule has 0 heterocycles. The van der Waals surface area contributed by atoms with Crippen LogP contribution in [0.5, 0.6) is 0 Å². The summed E-state index contributed by atoms with van der Waals surface area (Å²) in [5.41, 5.74) is 2.88. The standard InChI is InChI=1S/C15H20N2O/c18-15(17-13-8-9-13)16-10-12-6-3-5-11-4-1-2-7-14(11)12/h1-2,4,7,12-13H,3,5-6,8-10H2,(H2,16,17,18). The van der Waals surface area contributed by atoms with Crippen LogP contribution in [-0.2, 0) is 6.42 Å². The Kier molecular flexibility index (Phi) is 3.22. The van der Waals surface area contributed by atoms with E-state index in [1.54, 1.807) is 0 Å². The molecule has 1 atom stereocenters. The highest BCUT2D eigenvalue weighted by atomic mass is 16.2. The summed E-state index contributed by atoms with van der Waals surface area (Å²) in [5.74, 6) is 0.486. The number of rotatable bonds is 3. The molecule has 2 N–H and O–H groups in total. The van der Waals surface area contributed by atoms with Gasteiger partial charge in [-0.25, -0.2) is 4.79 Å². The van der Waals surface area contributed by atoms with Crippen LogP contribution in [0.2, 0.25) is 0 Å². The van der Waals surface area contributed by atoms with Crippen LogP contribution in [0.1, 0.15) is 42.7 Å². The maximum Gasteiger partial charge on any atom is 0.315 e. The van der Waals surface area contributed by atoms with E-state index in [1.807, 2.05) is 0 Å². The van der Waals surface area contributed by atoms with Crippen LogP contribution in [0.25, 0.3) is 0 Å². The average molecular weight is 244 g/mol. The van der Waals surface area contributed by atoms with Gasteiger partial charge in [-0.2, -0.15) is 0 Å². The van der Waals surface area contributed by atoms with Crippen molar-refractivity contribution < 1.29 is 4.79 Å². The second-order valence-electron chi connectivity index (χ2n) is 5.42. The van der Waals surface area contributed by atoms with Crippen molar-refractivity contribution in [3.05, 3.63) is 35.4 Å². The third-order valence-corrected chi connectivity index (χ3v) is 3.92. The molecular formula is C15H20N2O. The number of hydrogen-bond donors (Lipinski definition) is 2. The molecule has 1 saturated carbocycles. The Morgan fingerprint density at radius 3 is 2.89 bits per heavy atom. The fourth-order valence-electron chi connectivity index (χ4n) is 2.75. The van der Waals surface area contributed by atoms with E-state index in [9.17, 15) is 4.79 Å². The Labute approximate surface area is 108 Å². The first-order valence-electron chi connectivity index (χ1n) is 6.95. The Hall–Kier alpha value is -1.51. The number of carbonyl (C=O) groups is 1. The first-order valence-corrected chi connectivity index (χ1v) is 6.95. The summed E-state index contributed by atoms with van der Waals surface area (Å²) >= 11 is 0. The zero-order valence-electron chi connectivity index (χ0n) is 10.6. The van der Waals surface area contributed by atoms with Crippen LogP contribution in [0.3, 0.4) is 0 Å². The lowest BCUT2D eigenvalue weighted by Crippen LogP contribution is -2.39. The molecule has 1 aromatic rings. The lowest BCUT2D eigenvalue weighted by atomic mass is 9.83. The van der Waals surface area contributed by atoms with E-state index in [1.165, 1.54) is 30.4 Å². The van der Waals surface area contributed by atoms with Gasteiger partial charge in [-0.15, -0.1) is 0 Å². The van der Waals surface area contributed by atoms with Gasteiger partial charge in [0.15, 0.2) is 0 Å². The second-order valence-corrected chi connectivity index (χ2v) is 5.42. The molecule has 2 amide bonds. The number of hydrogen-bond acceptors (Lipinski definition) is 1. The van der Waals surface area contributed by atoms with Gasteiger partial charge in [0.2, 0.25) is 0 Å². The van der Waals surface area contributed by atoms with Crippen molar-refractivity contribution in [2.75, 3.05) is 6.54 Å². The average Bonchev–Trinajstić information content (AvgIpc) is 3.20. The molecule has 2 aliphatic carbocycles. The lowest BCUT2D eigenvalue weighted by Gasteiger charge is -2.25. The van der Waals surface area contributed by atoms with E-state index in [4.69, 9.17) is 0 Å². The highest BCUT2D eigenvalue weighted by molar-refractivity contribution is 5.74. The van der Waals surface area contributed by atoms with Crippen LogP contribution in [-0.4, -0.2) is 18.6 Å². The summed E-state index contributed by atoms with van der Waals surface area (Å²) in [7, 11) is 0. The summed E-state index contributed by atoms with van der Waals surface area (Å²) in [6.07, 6.45) is 5.87. The topological polar surface area (TPSA) is 41.1 Å². The van der Waals surface area contributed by atoms with Crippen molar-refractivity contribution >= 4 is 6.03 Å². The summed E-state index contributed by atoms with van der Waals surface area (Å²) in [6, 6.07) is 9.06. The van der Waals surface area contributed by atoms with Crippen molar-refractivity contribution in [3.8, 4) is 0 Å². The Balaban J connectivity index is 1.58. The number of benzene rings is 1. The number of fused-ring (bicyclic) bond motifs is 1. The normalized spacial score (nSPS) is 22.1. The molecule has 0 radical (unpaired) electrons. The van der Waals surface area contributed by atoms with Crippen molar-refractivity contribution in [1.29, 1.82) is 0 Å². The molecule has 96 valence electrons. The molecule has 3 rings (SSSR count). The van der Waals surface area contributed by atoms with Gasteiger partial charge in [0.1, 0.15) is 0 Å². The number of urea groups is 1. The van der Waals surface area contributed by atoms with E-state index in [-0.39, 0.29) is 6.03 Å². The zero-order chi connectivity index (χ0) is 12.4. The van der Waals surface area contributed by atoms with E-state index in [0.717, 1.165) is 19.4 Å². The number of carbonyl (C=O) groups excluding carboxylic acids is 1. The highest BCUT2D eigenvalue weighted by Crippen LogP contribution is 2.30. The van der Waals surface area contributed by atoms with E-state index in [2.05, 4.69) is 34.9 Å². The van der Waals surface area contributed by atoms with Gasteiger partial charge < -0.3 is 10.6 Å². The van der Waals surface area contributed by atoms with Gasteiger partial charge in [0.05, 0.1) is 0 Å². The smallest absolute Gasteiger partial charge is 0.315 e. The highest BCUT2D eigenvalue weighted by Gasteiger charge is 2.24. The summed E-state index contributed by atoms with van der Waals surface area (Å²) in [5, 5.41) is 5.98. The second kappa shape index (κ2) is 5.01. The molecule has 0 aromatic heterocycles. The van der Waals surface area contributed by atoms with Crippen LogP contribution in [0.4, 0.5) is 4.79 Å². The molecule has 1 fully saturated rings. The zero-order valence-corrected chi connectivity index (χ0v) is 10.6. The monoisotopic (exact) mass is 244 g/mol. The van der Waals surface area contributed by atoms with Crippen molar-refractivity contribution in [3.63, 3.8) is 0 Å². The number of nitrogens with one attached hydrogen (secondary N) is 2. The largest absolute Gasteiger partial charge is 0.338 e. The van der Waals surface area contributed by atoms with Crippen molar-refractivity contribution in [2.24, 2.45) is 0 Å². The minimum Gasteiger partial charge on any atom is -0.338 e. The van der Waals surface area contributed by atoms with E-state index < -0.39 is 0 Å². The predicted octanol–water partition coefficient (Wildman–Crippen LogP) is 2.57. The third-order valence-electron chi connectivity index (χ3n) is 3.92. The minimum atomic E-state index is 0.000514. The van der Waals surface area contributed by atoms with E-state index in [0.29, 0.717) is 12.0 Å². The predicted molar refractivity (Wildman–Crippen MR) is 71.7 cm³/mol. The SMILES string of the molecule is O=C(NCC1CCCc2ccccc21)NC1CC1. The summed E-state index contributed by atoms with van der Waals surface area (Å²) in [4.78, 5) is 11.6. The molecule has 0 spiro atoms. The van der Waals surface area contributed by atoms with Crippen molar-refractivity contribution in [1.82, 2.24) is 10.6 Å². The van der Waals surface area contributed by atoms with Gasteiger partial charge in [-0.1, -0.05) is 24.3 Å². The molecule has 0 aliphatic heterocycles. The molecule has 0 saturated heterocycles. The van der Waals surface area contributed by atoms with Gasteiger partial charge in [-0.3, -0.25) is 0 Å². The Morgan fingerprint density at radius 1 is 1.22 bits per heavy atom. The summed E-state index contributed by atoms with van der Waals surface area (Å²) < 4.78 is 0. The molecule has 1 aromatic carbocycles. The van der Waals surface area contributed by atoms with Gasteiger partial charge in [0.25, 0.3) is 0 Å². The minimum absolute atomic E-state index is 0.000514. The molecule has 3 heteroatoms.